The van der Waals surface area contributed by atoms with Gasteiger partial charge in [-0.1, -0.05) is 48.0 Å². The number of carbonyl (C=O) groups is 1. The van der Waals surface area contributed by atoms with Crippen LogP contribution in [0.15, 0.2) is 66.9 Å². The summed E-state index contributed by atoms with van der Waals surface area (Å²) in [6.45, 7) is 2.08. The number of hydrogen-bond acceptors (Lipinski definition) is 2. The first-order chi connectivity index (χ1) is 9.74. The molecule has 1 heterocycles. The highest BCUT2D eigenvalue weighted by atomic mass is 16.1. The fourth-order valence-corrected chi connectivity index (χ4v) is 2.65. The number of benzene rings is 2. The van der Waals surface area contributed by atoms with E-state index in [0.29, 0.717) is 6.42 Å². The molecule has 0 radical (unpaired) electrons. The summed E-state index contributed by atoms with van der Waals surface area (Å²) >= 11 is 0. The van der Waals surface area contributed by atoms with E-state index in [2.05, 4.69) is 48.2 Å². The highest BCUT2D eigenvalue weighted by Crippen LogP contribution is 2.33. The van der Waals surface area contributed by atoms with Crippen LogP contribution in [0.5, 0.6) is 0 Å². The van der Waals surface area contributed by atoms with Gasteiger partial charge in [-0.25, -0.2) is 0 Å². The van der Waals surface area contributed by atoms with E-state index in [9.17, 15) is 4.79 Å². The minimum atomic E-state index is 0.0785. The summed E-state index contributed by atoms with van der Waals surface area (Å²) in [6, 6.07) is 18.7. The quantitative estimate of drug-likeness (QED) is 0.815. The molecule has 0 fully saturated rings. The van der Waals surface area contributed by atoms with Crippen molar-refractivity contribution in [2.45, 2.75) is 19.4 Å². The molecule has 0 aromatic heterocycles. The van der Waals surface area contributed by atoms with Crippen LogP contribution in [0.25, 0.3) is 0 Å². The molecule has 0 spiro atoms. The molecule has 0 N–H and O–H groups in total. The van der Waals surface area contributed by atoms with Gasteiger partial charge in [0.05, 0.1) is 6.04 Å². The zero-order chi connectivity index (χ0) is 13.9. The van der Waals surface area contributed by atoms with Crippen LogP contribution in [-0.2, 0) is 4.79 Å². The van der Waals surface area contributed by atoms with Gasteiger partial charge in [-0.05, 0) is 30.7 Å². The van der Waals surface area contributed by atoms with Crippen LogP contribution < -0.4 is 4.90 Å². The molecule has 1 unspecified atom stereocenters. The molecule has 0 aliphatic carbocycles. The lowest BCUT2D eigenvalue weighted by Crippen LogP contribution is -2.28. The topological polar surface area (TPSA) is 20.3 Å². The van der Waals surface area contributed by atoms with Crippen molar-refractivity contribution in [3.8, 4) is 0 Å². The van der Waals surface area contributed by atoms with Gasteiger partial charge in [0.25, 0.3) is 0 Å². The van der Waals surface area contributed by atoms with Crippen molar-refractivity contribution in [2.24, 2.45) is 0 Å². The van der Waals surface area contributed by atoms with Gasteiger partial charge in [0.2, 0.25) is 0 Å². The Balaban J connectivity index is 2.02. The number of hydrogen-bond donors (Lipinski definition) is 0. The standard InChI is InChI=1S/C18H17NO/c1-14-6-5-7-15(12-14)18-13-17(20)10-11-19(18)16-8-3-2-4-9-16/h2-12,18H,13H2,1H3. The van der Waals surface area contributed by atoms with E-state index in [4.69, 9.17) is 0 Å². The highest BCUT2D eigenvalue weighted by molar-refractivity contribution is 5.92. The second-order valence-corrected chi connectivity index (χ2v) is 5.16. The van der Waals surface area contributed by atoms with E-state index in [-0.39, 0.29) is 11.8 Å². The van der Waals surface area contributed by atoms with Gasteiger partial charge in [0.1, 0.15) is 0 Å². The van der Waals surface area contributed by atoms with Crippen molar-refractivity contribution in [3.63, 3.8) is 0 Å². The van der Waals surface area contributed by atoms with E-state index in [1.165, 1.54) is 11.1 Å². The molecule has 0 bridgehead atoms. The zero-order valence-corrected chi connectivity index (χ0v) is 11.5. The van der Waals surface area contributed by atoms with E-state index in [0.717, 1.165) is 5.69 Å². The molecule has 100 valence electrons. The Morgan fingerprint density at radius 2 is 1.85 bits per heavy atom. The van der Waals surface area contributed by atoms with Crippen LogP contribution in [-0.4, -0.2) is 5.78 Å². The average Bonchev–Trinajstić information content (AvgIpc) is 2.48. The first kappa shape index (κ1) is 12.7. The molecule has 2 nitrogen and oxygen atoms in total. The fraction of sp³-hybridized carbons (Fsp3) is 0.167. The van der Waals surface area contributed by atoms with Crippen molar-refractivity contribution >= 4 is 11.5 Å². The maximum absolute atomic E-state index is 11.8. The molecule has 2 aromatic rings. The second-order valence-electron chi connectivity index (χ2n) is 5.16. The monoisotopic (exact) mass is 263 g/mol. The number of allylic oxidation sites excluding steroid dienone is 1. The summed E-state index contributed by atoms with van der Waals surface area (Å²) in [6.07, 6.45) is 4.09. The molecule has 1 atom stereocenters. The lowest BCUT2D eigenvalue weighted by atomic mass is 9.95. The van der Waals surface area contributed by atoms with E-state index >= 15 is 0 Å². The maximum Gasteiger partial charge on any atom is 0.159 e. The minimum absolute atomic E-state index is 0.0785. The lowest BCUT2D eigenvalue weighted by molar-refractivity contribution is -0.115. The number of aryl methyl sites for hydroxylation is 1. The lowest BCUT2D eigenvalue weighted by Gasteiger charge is -2.33. The summed E-state index contributed by atoms with van der Waals surface area (Å²) in [4.78, 5) is 14.0. The first-order valence-corrected chi connectivity index (χ1v) is 6.85. The molecular weight excluding hydrogens is 246 g/mol. The van der Waals surface area contributed by atoms with Gasteiger partial charge in [-0.2, -0.15) is 0 Å². The molecule has 1 aliphatic heterocycles. The Morgan fingerprint density at radius 1 is 1.05 bits per heavy atom. The number of para-hydroxylation sites is 1. The number of nitrogens with zero attached hydrogens (tertiary/aromatic N) is 1. The Labute approximate surface area is 119 Å². The third-order valence-corrected chi connectivity index (χ3v) is 3.63. The van der Waals surface area contributed by atoms with Gasteiger partial charge in [0, 0.05) is 18.3 Å². The Bertz CT molecular complexity index is 645. The molecule has 0 saturated heterocycles. The number of anilines is 1. The second kappa shape index (κ2) is 5.33. The van der Waals surface area contributed by atoms with E-state index < -0.39 is 0 Å². The smallest absolute Gasteiger partial charge is 0.159 e. The van der Waals surface area contributed by atoms with Gasteiger partial charge >= 0.3 is 0 Å². The number of carbonyl (C=O) groups excluding carboxylic acids is 1. The summed E-state index contributed by atoms with van der Waals surface area (Å²) in [5.41, 5.74) is 3.52. The molecule has 3 rings (SSSR count). The normalized spacial score (nSPS) is 18.4. The maximum atomic E-state index is 11.8. The predicted molar refractivity (Wildman–Crippen MR) is 81.6 cm³/mol. The highest BCUT2D eigenvalue weighted by Gasteiger charge is 2.25. The van der Waals surface area contributed by atoms with Crippen molar-refractivity contribution in [1.29, 1.82) is 0 Å². The largest absolute Gasteiger partial charge is 0.340 e. The Hall–Kier alpha value is -2.35. The zero-order valence-electron chi connectivity index (χ0n) is 11.5. The number of ketones is 1. The third kappa shape index (κ3) is 2.50. The van der Waals surface area contributed by atoms with Crippen LogP contribution in [0.2, 0.25) is 0 Å². The first-order valence-electron chi connectivity index (χ1n) is 6.85. The molecule has 0 amide bonds. The summed E-state index contributed by atoms with van der Waals surface area (Å²) in [7, 11) is 0. The minimum Gasteiger partial charge on any atom is -0.340 e. The summed E-state index contributed by atoms with van der Waals surface area (Å²) in [5.74, 6) is 0.184. The van der Waals surface area contributed by atoms with Crippen LogP contribution in [0.4, 0.5) is 5.69 Å². The van der Waals surface area contributed by atoms with Gasteiger partial charge < -0.3 is 4.90 Å². The van der Waals surface area contributed by atoms with E-state index in [1.54, 1.807) is 6.08 Å². The Kier molecular flexibility index (Phi) is 3.38. The van der Waals surface area contributed by atoms with Crippen molar-refractivity contribution in [2.75, 3.05) is 4.90 Å². The average molecular weight is 263 g/mol. The molecule has 2 heteroatoms. The summed E-state index contributed by atoms with van der Waals surface area (Å²) in [5, 5.41) is 0. The molecule has 1 aliphatic rings. The van der Waals surface area contributed by atoms with E-state index in [1.807, 2.05) is 24.4 Å². The molecular formula is C18H17NO. The SMILES string of the molecule is Cc1cccc(C2CC(=O)C=CN2c2ccccc2)c1. The van der Waals surface area contributed by atoms with Crippen LogP contribution in [0, 0.1) is 6.92 Å². The van der Waals surface area contributed by atoms with Crippen molar-refractivity contribution in [3.05, 3.63) is 78.0 Å². The van der Waals surface area contributed by atoms with Crippen LogP contribution in [0.3, 0.4) is 0 Å². The van der Waals surface area contributed by atoms with Gasteiger partial charge in [-0.15, -0.1) is 0 Å². The summed E-state index contributed by atoms with van der Waals surface area (Å²) < 4.78 is 0. The number of rotatable bonds is 2. The molecule has 0 saturated carbocycles. The van der Waals surface area contributed by atoms with Gasteiger partial charge in [-0.3, -0.25) is 4.79 Å². The Morgan fingerprint density at radius 3 is 2.60 bits per heavy atom. The third-order valence-electron chi connectivity index (χ3n) is 3.63. The van der Waals surface area contributed by atoms with Crippen LogP contribution >= 0.6 is 0 Å². The molecule has 20 heavy (non-hydrogen) atoms. The molecule has 2 aromatic carbocycles. The predicted octanol–water partition coefficient (Wildman–Crippen LogP) is 4.03. The van der Waals surface area contributed by atoms with Crippen LogP contribution in [0.1, 0.15) is 23.6 Å². The van der Waals surface area contributed by atoms with Crippen molar-refractivity contribution in [1.82, 2.24) is 0 Å². The fourth-order valence-electron chi connectivity index (χ4n) is 2.65. The van der Waals surface area contributed by atoms with Gasteiger partial charge in [0.15, 0.2) is 5.78 Å². The van der Waals surface area contributed by atoms with Crippen molar-refractivity contribution < 1.29 is 4.79 Å².